The van der Waals surface area contributed by atoms with Crippen molar-refractivity contribution in [3.05, 3.63) is 84.8 Å². The fourth-order valence-electron chi connectivity index (χ4n) is 2.10. The van der Waals surface area contributed by atoms with Gasteiger partial charge in [0.1, 0.15) is 0 Å². The molecule has 0 aliphatic heterocycles. The highest BCUT2D eigenvalue weighted by Crippen LogP contribution is 2.22. The van der Waals surface area contributed by atoms with Crippen LogP contribution < -0.4 is 4.74 Å². The van der Waals surface area contributed by atoms with Crippen LogP contribution in [0.2, 0.25) is 5.02 Å². The van der Waals surface area contributed by atoms with Gasteiger partial charge < -0.3 is 0 Å². The molecule has 0 radical (unpaired) electrons. The van der Waals surface area contributed by atoms with Crippen molar-refractivity contribution in [3.8, 4) is 0 Å². The number of carbonyl (C=O) groups is 1. The van der Waals surface area contributed by atoms with Crippen molar-refractivity contribution in [2.75, 3.05) is 0 Å². The molecule has 3 aromatic rings. The molecule has 1 aromatic heterocycles. The molecular formula is C18H10BrClO2S. The van der Waals surface area contributed by atoms with Crippen molar-refractivity contribution >= 4 is 60.8 Å². The summed E-state index contributed by atoms with van der Waals surface area (Å²) in [7, 11) is 0. The first-order valence-corrected chi connectivity index (χ1v) is 8.73. The Labute approximate surface area is 150 Å². The van der Waals surface area contributed by atoms with Crippen LogP contribution in [-0.4, -0.2) is 5.78 Å². The first-order valence-electron chi connectivity index (χ1n) is 6.74. The van der Waals surface area contributed by atoms with Crippen LogP contribution in [0.1, 0.15) is 15.9 Å². The third-order valence-corrected chi connectivity index (χ3v) is 5.00. The highest BCUT2D eigenvalue weighted by molar-refractivity contribution is 9.10. The third kappa shape index (κ3) is 3.78. The minimum atomic E-state index is -0.303. The molecule has 23 heavy (non-hydrogen) atoms. The number of fused-ring (bicyclic) bond motifs is 1. The second-order valence-electron chi connectivity index (χ2n) is 4.88. The molecule has 3 rings (SSSR count). The van der Waals surface area contributed by atoms with E-state index in [1.807, 2.05) is 30.3 Å². The third-order valence-electron chi connectivity index (χ3n) is 3.26. The lowest BCUT2D eigenvalue weighted by atomic mass is 10.1. The molecule has 0 bridgehead atoms. The van der Waals surface area contributed by atoms with Gasteiger partial charge in [0, 0.05) is 14.2 Å². The summed E-state index contributed by atoms with van der Waals surface area (Å²) in [6.07, 6.45) is 3.09. The zero-order valence-electron chi connectivity index (χ0n) is 11.8. The fourth-order valence-corrected chi connectivity index (χ4v) is 3.45. The highest BCUT2D eigenvalue weighted by Gasteiger charge is 2.10. The molecule has 0 atom stereocenters. The maximum Gasteiger partial charge on any atom is 0.244 e. The minimum Gasteiger partial charge on any atom is -0.289 e. The summed E-state index contributed by atoms with van der Waals surface area (Å²) in [5.74, 6) is -0.303. The lowest BCUT2D eigenvalue weighted by Crippen LogP contribution is -2.09. The zero-order chi connectivity index (χ0) is 16.4. The van der Waals surface area contributed by atoms with Crippen molar-refractivity contribution in [2.45, 2.75) is 0 Å². The van der Waals surface area contributed by atoms with E-state index in [-0.39, 0.29) is 16.1 Å². The number of rotatable bonds is 3. The second-order valence-corrected chi connectivity index (χ2v) is 7.25. The van der Waals surface area contributed by atoms with Crippen LogP contribution in [0.4, 0.5) is 0 Å². The maximum absolute atomic E-state index is 12.3. The maximum atomic E-state index is 12.3. The van der Waals surface area contributed by atoms with Gasteiger partial charge in [-0.15, -0.1) is 0 Å². The van der Waals surface area contributed by atoms with E-state index in [0.717, 1.165) is 31.5 Å². The normalized spacial score (nSPS) is 11.2. The topological polar surface area (TPSA) is 34.1 Å². The Balaban J connectivity index is 1.95. The molecule has 0 N–H and O–H groups in total. The smallest absolute Gasteiger partial charge is 0.244 e. The summed E-state index contributed by atoms with van der Waals surface area (Å²) in [6.45, 7) is 0. The van der Waals surface area contributed by atoms with Crippen molar-refractivity contribution < 1.29 is 4.79 Å². The largest absolute Gasteiger partial charge is 0.289 e. The number of allylic oxidation sites excluding steroid dienone is 1. The van der Waals surface area contributed by atoms with Crippen molar-refractivity contribution in [2.24, 2.45) is 0 Å². The molecule has 114 valence electrons. The molecule has 0 fully saturated rings. The van der Waals surface area contributed by atoms with Gasteiger partial charge in [-0.3, -0.25) is 9.59 Å². The monoisotopic (exact) mass is 404 g/mol. The number of carbonyl (C=O) groups excluding carboxylic acids is 1. The van der Waals surface area contributed by atoms with Crippen LogP contribution in [0.15, 0.2) is 63.9 Å². The molecule has 0 amide bonds. The Morgan fingerprint density at radius 2 is 1.83 bits per heavy atom. The molecule has 0 saturated carbocycles. The molecule has 5 heteroatoms. The molecule has 0 unspecified atom stereocenters. The van der Waals surface area contributed by atoms with Crippen LogP contribution in [0.25, 0.3) is 16.2 Å². The Hall–Kier alpha value is -1.75. The minimum absolute atomic E-state index is 0.186. The van der Waals surface area contributed by atoms with Gasteiger partial charge in [-0.2, -0.15) is 0 Å². The molecule has 1 heterocycles. The summed E-state index contributed by atoms with van der Waals surface area (Å²) in [5.41, 5.74) is 1.04. The SMILES string of the molecule is O=C(/C=C/c1ccc(Cl)cc1)c1cc2cc(Br)ccc2sc1=O. The number of ketones is 1. The average molecular weight is 406 g/mol. The molecule has 0 aliphatic rings. The van der Waals surface area contributed by atoms with Crippen LogP contribution in [-0.2, 0) is 0 Å². The van der Waals surface area contributed by atoms with Gasteiger partial charge in [-0.1, -0.05) is 57.1 Å². The Morgan fingerprint density at radius 1 is 1.09 bits per heavy atom. The molecular weight excluding hydrogens is 396 g/mol. The van der Waals surface area contributed by atoms with E-state index >= 15 is 0 Å². The molecule has 2 aromatic carbocycles. The second kappa shape index (κ2) is 6.79. The number of halogens is 2. The predicted octanol–water partition coefficient (Wildman–Crippen LogP) is 5.57. The van der Waals surface area contributed by atoms with Crippen molar-refractivity contribution in [3.63, 3.8) is 0 Å². The van der Waals surface area contributed by atoms with Gasteiger partial charge in [0.15, 0.2) is 5.78 Å². The van der Waals surface area contributed by atoms with Gasteiger partial charge in [0.25, 0.3) is 0 Å². The predicted molar refractivity (Wildman–Crippen MR) is 101 cm³/mol. The summed E-state index contributed by atoms with van der Waals surface area (Å²) in [6, 6.07) is 14.4. The molecule has 0 spiro atoms. The van der Waals surface area contributed by atoms with E-state index in [9.17, 15) is 9.59 Å². The van der Waals surface area contributed by atoms with Gasteiger partial charge >= 0.3 is 0 Å². The summed E-state index contributed by atoms with van der Waals surface area (Å²) in [5, 5.41) is 1.50. The highest BCUT2D eigenvalue weighted by atomic mass is 79.9. The standard InChI is InChI=1S/C18H10BrClO2S/c19-13-4-8-17-12(9-13)10-15(18(22)23-17)16(21)7-3-11-1-5-14(20)6-2-11/h1-10H/b7-3+. The van der Waals surface area contributed by atoms with Crippen LogP contribution in [0, 0.1) is 0 Å². The Morgan fingerprint density at radius 3 is 2.57 bits per heavy atom. The van der Waals surface area contributed by atoms with E-state index < -0.39 is 0 Å². The van der Waals surface area contributed by atoms with E-state index in [4.69, 9.17) is 11.6 Å². The number of hydrogen-bond donors (Lipinski definition) is 0. The summed E-state index contributed by atoms with van der Waals surface area (Å²) in [4.78, 5) is 24.5. The molecule has 2 nitrogen and oxygen atoms in total. The van der Waals surface area contributed by atoms with Gasteiger partial charge in [0.05, 0.1) is 5.56 Å². The van der Waals surface area contributed by atoms with Crippen LogP contribution >= 0.6 is 38.9 Å². The first-order chi connectivity index (χ1) is 11.0. The number of hydrogen-bond acceptors (Lipinski definition) is 3. The summed E-state index contributed by atoms with van der Waals surface area (Å²) >= 11 is 10.3. The Bertz CT molecular complexity index is 974. The number of benzene rings is 2. The van der Waals surface area contributed by atoms with Crippen molar-refractivity contribution in [1.82, 2.24) is 0 Å². The lowest BCUT2D eigenvalue weighted by molar-refractivity contribution is 0.104. The van der Waals surface area contributed by atoms with E-state index in [1.165, 1.54) is 6.08 Å². The molecule has 0 aliphatic carbocycles. The quantitative estimate of drug-likeness (QED) is 0.421. The summed E-state index contributed by atoms with van der Waals surface area (Å²) < 4.78 is 1.54. The average Bonchev–Trinajstić information content (AvgIpc) is 2.54. The van der Waals surface area contributed by atoms with Gasteiger partial charge in [0.2, 0.25) is 4.74 Å². The van der Waals surface area contributed by atoms with Crippen LogP contribution in [0.3, 0.4) is 0 Å². The first kappa shape index (κ1) is 16.1. The Kier molecular flexibility index (Phi) is 4.76. The molecule has 0 saturated heterocycles. The zero-order valence-corrected chi connectivity index (χ0v) is 14.9. The fraction of sp³-hybridized carbons (Fsp3) is 0. The van der Waals surface area contributed by atoms with Gasteiger partial charge in [-0.25, -0.2) is 0 Å². The van der Waals surface area contributed by atoms with Crippen molar-refractivity contribution in [1.29, 1.82) is 0 Å². The van der Waals surface area contributed by atoms with Crippen LogP contribution in [0.5, 0.6) is 0 Å². The van der Waals surface area contributed by atoms with Gasteiger partial charge in [-0.05, 0) is 53.4 Å². The lowest BCUT2D eigenvalue weighted by Gasteiger charge is -2.00. The van der Waals surface area contributed by atoms with E-state index in [2.05, 4.69) is 15.9 Å². The van der Waals surface area contributed by atoms with E-state index in [1.54, 1.807) is 24.3 Å². The van der Waals surface area contributed by atoms with E-state index in [0.29, 0.717) is 5.02 Å².